The normalized spacial score (nSPS) is 16.0. The monoisotopic (exact) mass is 439 g/mol. The van der Waals surface area contributed by atoms with Gasteiger partial charge in [0.1, 0.15) is 5.75 Å². The van der Waals surface area contributed by atoms with Gasteiger partial charge in [0, 0.05) is 31.8 Å². The van der Waals surface area contributed by atoms with Crippen LogP contribution in [0.2, 0.25) is 0 Å². The third-order valence-corrected chi connectivity index (χ3v) is 6.58. The van der Waals surface area contributed by atoms with Gasteiger partial charge in [-0.1, -0.05) is 42.1 Å². The summed E-state index contributed by atoms with van der Waals surface area (Å²) >= 11 is 1.50. The average Bonchev–Trinajstić information content (AvgIpc) is 3.44. The molecule has 1 fully saturated rings. The zero-order chi connectivity index (χ0) is 21.6. The molecule has 31 heavy (non-hydrogen) atoms. The lowest BCUT2D eigenvalue weighted by Gasteiger charge is -2.26. The largest absolute Gasteiger partial charge is 0.496 e. The Morgan fingerprint density at radius 1 is 1.26 bits per heavy atom. The number of methoxy groups -OCH3 is 1. The highest BCUT2D eigenvalue weighted by molar-refractivity contribution is 7.99. The highest BCUT2D eigenvalue weighted by Crippen LogP contribution is 2.26. The van der Waals surface area contributed by atoms with Crippen LogP contribution >= 0.6 is 11.8 Å². The lowest BCUT2D eigenvalue weighted by atomic mass is 10.1. The number of rotatable bonds is 9. The molecular formula is C24H29N3O3S. The van der Waals surface area contributed by atoms with E-state index in [4.69, 9.17) is 14.5 Å². The molecule has 1 amide bonds. The fourth-order valence-electron chi connectivity index (χ4n) is 4.01. The van der Waals surface area contributed by atoms with Gasteiger partial charge < -0.3 is 18.9 Å². The van der Waals surface area contributed by atoms with Gasteiger partial charge in [-0.2, -0.15) is 0 Å². The smallest absolute Gasteiger partial charge is 0.233 e. The second-order valence-corrected chi connectivity index (χ2v) is 8.58. The van der Waals surface area contributed by atoms with E-state index in [0.29, 0.717) is 18.8 Å². The first-order valence-electron chi connectivity index (χ1n) is 10.8. The van der Waals surface area contributed by atoms with Gasteiger partial charge in [-0.05, 0) is 38.0 Å². The Labute approximate surface area is 187 Å². The maximum atomic E-state index is 13.3. The van der Waals surface area contributed by atoms with Crippen molar-refractivity contribution in [2.45, 2.75) is 44.1 Å². The topological polar surface area (TPSA) is 56.6 Å². The van der Waals surface area contributed by atoms with E-state index >= 15 is 0 Å². The number of amides is 1. The Bertz CT molecular complexity index is 1030. The fourth-order valence-corrected chi connectivity index (χ4v) is 5.00. The Balaban J connectivity index is 1.50. The minimum atomic E-state index is 0.0844. The first-order valence-corrected chi connectivity index (χ1v) is 11.8. The van der Waals surface area contributed by atoms with E-state index in [1.165, 1.54) is 11.8 Å². The summed E-state index contributed by atoms with van der Waals surface area (Å²) in [6.07, 6.45) is 2.15. The number of aromatic nitrogens is 2. The highest BCUT2D eigenvalue weighted by Gasteiger charge is 2.24. The predicted molar refractivity (Wildman–Crippen MR) is 124 cm³/mol. The second kappa shape index (κ2) is 10.2. The van der Waals surface area contributed by atoms with E-state index in [1.807, 2.05) is 47.4 Å². The summed E-state index contributed by atoms with van der Waals surface area (Å²) in [5.74, 6) is 1.22. The molecule has 2 aromatic carbocycles. The Kier molecular flexibility index (Phi) is 7.14. The van der Waals surface area contributed by atoms with Gasteiger partial charge in [0.25, 0.3) is 0 Å². The number of carbonyl (C=O) groups excluding carboxylic acids is 1. The van der Waals surface area contributed by atoms with Crippen LogP contribution in [0, 0.1) is 0 Å². The number of hydrogen-bond acceptors (Lipinski definition) is 5. The van der Waals surface area contributed by atoms with Crippen LogP contribution in [0.25, 0.3) is 11.0 Å². The van der Waals surface area contributed by atoms with Crippen molar-refractivity contribution in [2.24, 2.45) is 0 Å². The van der Waals surface area contributed by atoms with E-state index in [-0.39, 0.29) is 12.0 Å². The molecule has 4 rings (SSSR count). The van der Waals surface area contributed by atoms with Crippen molar-refractivity contribution in [2.75, 3.05) is 26.0 Å². The summed E-state index contributed by atoms with van der Waals surface area (Å²) in [5, 5.41) is 0.881. The van der Waals surface area contributed by atoms with E-state index in [0.717, 1.165) is 53.5 Å². The SMILES string of the molecule is CCn1c(SCC(=O)N(Cc2ccccc2OC)CC2CCCO2)nc2ccccc21. The molecule has 1 atom stereocenters. The molecule has 3 aromatic rings. The van der Waals surface area contributed by atoms with Gasteiger partial charge in [-0.3, -0.25) is 4.79 Å². The van der Waals surface area contributed by atoms with Crippen LogP contribution in [0.5, 0.6) is 5.75 Å². The molecule has 0 bridgehead atoms. The number of thioether (sulfide) groups is 1. The van der Waals surface area contributed by atoms with Gasteiger partial charge in [0.2, 0.25) is 5.91 Å². The Morgan fingerprint density at radius 2 is 2.06 bits per heavy atom. The number of nitrogens with zero attached hydrogens (tertiary/aromatic N) is 3. The van der Waals surface area contributed by atoms with Gasteiger partial charge in [-0.25, -0.2) is 4.98 Å². The number of benzene rings is 2. The molecule has 1 aliphatic heterocycles. The number of imidazole rings is 1. The van der Waals surface area contributed by atoms with E-state index in [9.17, 15) is 4.79 Å². The Hall–Kier alpha value is -2.51. The minimum Gasteiger partial charge on any atom is -0.496 e. The predicted octanol–water partition coefficient (Wildman–Crippen LogP) is 4.36. The lowest BCUT2D eigenvalue weighted by Crippen LogP contribution is -2.38. The van der Waals surface area contributed by atoms with Crippen molar-refractivity contribution in [3.05, 3.63) is 54.1 Å². The zero-order valence-electron chi connectivity index (χ0n) is 18.1. The minimum absolute atomic E-state index is 0.0844. The van der Waals surface area contributed by atoms with Crippen molar-refractivity contribution in [3.63, 3.8) is 0 Å². The summed E-state index contributed by atoms with van der Waals surface area (Å²) in [4.78, 5) is 19.9. The van der Waals surface area contributed by atoms with Crippen LogP contribution in [0.1, 0.15) is 25.3 Å². The maximum Gasteiger partial charge on any atom is 0.233 e. The van der Waals surface area contributed by atoms with Crippen LogP contribution in [-0.4, -0.2) is 52.5 Å². The summed E-state index contributed by atoms with van der Waals surface area (Å²) in [6.45, 7) is 4.80. The molecular weight excluding hydrogens is 410 g/mol. The van der Waals surface area contributed by atoms with Gasteiger partial charge in [0.05, 0.1) is 30.0 Å². The van der Waals surface area contributed by atoms with Gasteiger partial charge >= 0.3 is 0 Å². The summed E-state index contributed by atoms with van der Waals surface area (Å²) in [6, 6.07) is 16.0. The molecule has 2 heterocycles. The van der Waals surface area contributed by atoms with E-state index in [1.54, 1.807) is 7.11 Å². The van der Waals surface area contributed by atoms with Crippen LogP contribution in [0.4, 0.5) is 0 Å². The molecule has 0 radical (unpaired) electrons. The molecule has 0 N–H and O–H groups in total. The first kappa shape index (κ1) is 21.7. The zero-order valence-corrected chi connectivity index (χ0v) is 18.9. The van der Waals surface area contributed by atoms with Gasteiger partial charge in [0.15, 0.2) is 5.16 Å². The first-order chi connectivity index (χ1) is 15.2. The van der Waals surface area contributed by atoms with Crippen molar-refractivity contribution in [3.8, 4) is 5.75 Å². The fraction of sp³-hybridized carbons (Fsp3) is 0.417. The maximum absolute atomic E-state index is 13.3. The number of hydrogen-bond donors (Lipinski definition) is 0. The summed E-state index contributed by atoms with van der Waals surface area (Å²) in [5.41, 5.74) is 3.07. The molecule has 1 aliphatic rings. The third-order valence-electron chi connectivity index (χ3n) is 5.61. The van der Waals surface area contributed by atoms with Crippen molar-refractivity contribution < 1.29 is 14.3 Å². The molecule has 1 unspecified atom stereocenters. The van der Waals surface area contributed by atoms with Gasteiger partial charge in [-0.15, -0.1) is 0 Å². The third kappa shape index (κ3) is 5.05. The molecule has 6 nitrogen and oxygen atoms in total. The molecule has 1 aromatic heterocycles. The Morgan fingerprint density at radius 3 is 2.84 bits per heavy atom. The standard InChI is InChI=1S/C24H29N3O3S/c1-3-27-21-12-6-5-11-20(21)25-24(27)31-17-23(28)26(16-19-10-8-14-30-19)15-18-9-4-7-13-22(18)29-2/h4-7,9,11-13,19H,3,8,10,14-17H2,1-2H3. The lowest BCUT2D eigenvalue weighted by molar-refractivity contribution is -0.130. The van der Waals surface area contributed by atoms with Crippen LogP contribution in [0.15, 0.2) is 53.7 Å². The molecule has 0 spiro atoms. The van der Waals surface area contributed by atoms with E-state index < -0.39 is 0 Å². The van der Waals surface area contributed by atoms with Crippen molar-refractivity contribution >= 4 is 28.7 Å². The molecule has 7 heteroatoms. The van der Waals surface area contributed by atoms with Crippen LogP contribution < -0.4 is 4.74 Å². The average molecular weight is 440 g/mol. The number of fused-ring (bicyclic) bond motifs is 1. The van der Waals surface area contributed by atoms with Crippen LogP contribution in [0.3, 0.4) is 0 Å². The van der Waals surface area contributed by atoms with Crippen LogP contribution in [-0.2, 0) is 22.6 Å². The number of aryl methyl sites for hydroxylation is 1. The summed E-state index contributed by atoms with van der Waals surface area (Å²) in [7, 11) is 1.66. The van der Waals surface area contributed by atoms with Crippen molar-refractivity contribution in [1.82, 2.24) is 14.5 Å². The molecule has 0 saturated carbocycles. The molecule has 164 valence electrons. The number of ether oxygens (including phenoxy) is 2. The van der Waals surface area contributed by atoms with E-state index in [2.05, 4.69) is 17.6 Å². The summed E-state index contributed by atoms with van der Waals surface area (Å²) < 4.78 is 13.5. The second-order valence-electron chi connectivity index (χ2n) is 7.64. The molecule has 0 aliphatic carbocycles. The number of para-hydroxylation sites is 3. The number of carbonyl (C=O) groups is 1. The highest BCUT2D eigenvalue weighted by atomic mass is 32.2. The molecule has 1 saturated heterocycles. The van der Waals surface area contributed by atoms with Crippen molar-refractivity contribution in [1.29, 1.82) is 0 Å². The quantitative estimate of drug-likeness (QED) is 0.464.